The van der Waals surface area contributed by atoms with Crippen LogP contribution in [0.5, 0.6) is 0 Å². The molecule has 0 bridgehead atoms. The summed E-state index contributed by atoms with van der Waals surface area (Å²) in [5.74, 6) is -0.163. The number of hydrogen-bond donors (Lipinski definition) is 1. The second-order valence-electron chi connectivity index (χ2n) is 4.98. The minimum absolute atomic E-state index is 0.00424. The van der Waals surface area contributed by atoms with Gasteiger partial charge in [0.15, 0.2) is 0 Å². The number of amides is 1. The fraction of sp³-hybridized carbons (Fsp3) is 0.467. The lowest BCUT2D eigenvalue weighted by molar-refractivity contribution is -0.144. The van der Waals surface area contributed by atoms with Crippen LogP contribution in [0, 0.1) is 6.92 Å². The zero-order chi connectivity index (χ0) is 13.7. The number of carbonyl (C=O) groups is 2. The molecule has 0 aliphatic carbocycles. The van der Waals surface area contributed by atoms with E-state index < -0.39 is 0 Å². The second kappa shape index (κ2) is 6.36. The predicted molar refractivity (Wildman–Crippen MR) is 71.6 cm³/mol. The van der Waals surface area contributed by atoms with Gasteiger partial charge in [0.25, 0.3) is 0 Å². The minimum atomic E-state index is -0.206. The Morgan fingerprint density at radius 3 is 3.00 bits per heavy atom. The van der Waals surface area contributed by atoms with Crippen LogP contribution >= 0.6 is 0 Å². The molecule has 1 heterocycles. The van der Waals surface area contributed by atoms with Crippen LogP contribution < -0.4 is 5.32 Å². The molecule has 19 heavy (non-hydrogen) atoms. The molecule has 1 aliphatic rings. The van der Waals surface area contributed by atoms with Gasteiger partial charge in [-0.25, -0.2) is 0 Å². The average Bonchev–Trinajstić information content (AvgIpc) is 2.80. The largest absolute Gasteiger partial charge is 0.463 e. The van der Waals surface area contributed by atoms with E-state index in [1.54, 1.807) is 0 Å². The van der Waals surface area contributed by atoms with Gasteiger partial charge in [0, 0.05) is 12.8 Å². The summed E-state index contributed by atoms with van der Waals surface area (Å²) in [4.78, 5) is 22.6. The van der Waals surface area contributed by atoms with E-state index in [0.717, 1.165) is 12.0 Å². The Kier molecular flexibility index (Phi) is 4.55. The van der Waals surface area contributed by atoms with Crippen molar-refractivity contribution >= 4 is 11.9 Å². The van der Waals surface area contributed by atoms with Gasteiger partial charge in [-0.15, -0.1) is 0 Å². The van der Waals surface area contributed by atoms with E-state index in [0.29, 0.717) is 25.9 Å². The molecule has 1 fully saturated rings. The molecule has 1 aromatic rings. The Morgan fingerprint density at radius 1 is 1.47 bits per heavy atom. The molecular formula is C15H19NO3. The van der Waals surface area contributed by atoms with Crippen LogP contribution in [0.4, 0.5) is 0 Å². The van der Waals surface area contributed by atoms with E-state index in [1.807, 2.05) is 25.1 Å². The smallest absolute Gasteiger partial charge is 0.306 e. The number of nitrogens with one attached hydrogen (secondary N) is 1. The lowest BCUT2D eigenvalue weighted by Gasteiger charge is -2.10. The van der Waals surface area contributed by atoms with Crippen molar-refractivity contribution in [3.8, 4) is 0 Å². The van der Waals surface area contributed by atoms with E-state index in [9.17, 15) is 9.59 Å². The van der Waals surface area contributed by atoms with E-state index >= 15 is 0 Å². The molecule has 1 aliphatic heterocycles. The first-order valence-corrected chi connectivity index (χ1v) is 6.64. The topological polar surface area (TPSA) is 55.4 Å². The maximum absolute atomic E-state index is 11.6. The molecule has 102 valence electrons. The number of esters is 1. The quantitative estimate of drug-likeness (QED) is 0.822. The number of aryl methyl sites for hydroxylation is 2. The van der Waals surface area contributed by atoms with Crippen LogP contribution in [0.25, 0.3) is 0 Å². The van der Waals surface area contributed by atoms with Crippen molar-refractivity contribution in [1.82, 2.24) is 5.32 Å². The number of carbonyl (C=O) groups excluding carboxylic acids is 2. The molecular weight excluding hydrogens is 242 g/mol. The number of hydrogen-bond acceptors (Lipinski definition) is 3. The normalized spacial score (nSPS) is 18.2. The molecule has 0 saturated carbocycles. The van der Waals surface area contributed by atoms with E-state index in [4.69, 9.17) is 4.74 Å². The van der Waals surface area contributed by atoms with Gasteiger partial charge in [-0.2, -0.15) is 0 Å². The molecule has 0 spiro atoms. The van der Waals surface area contributed by atoms with E-state index in [-0.39, 0.29) is 17.9 Å². The summed E-state index contributed by atoms with van der Waals surface area (Å²) in [5.41, 5.74) is 2.34. The van der Waals surface area contributed by atoms with Gasteiger partial charge in [0.05, 0.1) is 6.04 Å². The lowest BCUT2D eigenvalue weighted by atomic mass is 10.1. The summed E-state index contributed by atoms with van der Waals surface area (Å²) in [7, 11) is 0. The van der Waals surface area contributed by atoms with Gasteiger partial charge >= 0.3 is 5.97 Å². The van der Waals surface area contributed by atoms with Crippen molar-refractivity contribution in [2.75, 3.05) is 6.61 Å². The van der Waals surface area contributed by atoms with Crippen molar-refractivity contribution in [1.29, 1.82) is 0 Å². The van der Waals surface area contributed by atoms with Gasteiger partial charge in [-0.3, -0.25) is 9.59 Å². The Bertz CT molecular complexity index is 470. The Hall–Kier alpha value is -1.84. The summed E-state index contributed by atoms with van der Waals surface area (Å²) in [6.45, 7) is 2.32. The summed E-state index contributed by atoms with van der Waals surface area (Å²) < 4.78 is 5.17. The van der Waals surface area contributed by atoms with Crippen LogP contribution in [-0.4, -0.2) is 24.5 Å². The molecule has 2 rings (SSSR count). The third-order valence-electron chi connectivity index (χ3n) is 3.23. The summed E-state index contributed by atoms with van der Waals surface area (Å²) >= 11 is 0. The monoisotopic (exact) mass is 261 g/mol. The van der Waals surface area contributed by atoms with Gasteiger partial charge in [0.1, 0.15) is 6.61 Å². The Morgan fingerprint density at radius 2 is 2.32 bits per heavy atom. The van der Waals surface area contributed by atoms with Crippen molar-refractivity contribution in [2.24, 2.45) is 0 Å². The molecule has 4 nitrogen and oxygen atoms in total. The fourth-order valence-corrected chi connectivity index (χ4v) is 2.18. The SMILES string of the molecule is Cc1cccc(CCC(=O)OCC2CCC(=O)N2)c1. The standard InChI is InChI=1S/C15H19NO3/c1-11-3-2-4-12(9-11)5-8-15(18)19-10-13-6-7-14(17)16-13/h2-4,9,13H,5-8,10H2,1H3,(H,16,17). The molecule has 4 heteroatoms. The van der Waals surface area contributed by atoms with Gasteiger partial charge in [0.2, 0.25) is 5.91 Å². The van der Waals surface area contributed by atoms with Crippen molar-refractivity contribution in [3.05, 3.63) is 35.4 Å². The third-order valence-corrected chi connectivity index (χ3v) is 3.23. The van der Waals surface area contributed by atoms with E-state index in [1.165, 1.54) is 5.56 Å². The highest BCUT2D eigenvalue weighted by Gasteiger charge is 2.21. The van der Waals surface area contributed by atoms with Crippen LogP contribution in [0.1, 0.15) is 30.4 Å². The second-order valence-corrected chi connectivity index (χ2v) is 4.98. The molecule has 1 saturated heterocycles. The highest BCUT2D eigenvalue weighted by molar-refractivity contribution is 5.78. The predicted octanol–water partition coefficient (Wildman–Crippen LogP) is 1.75. The Balaban J connectivity index is 1.68. The Labute approximate surface area is 113 Å². The van der Waals surface area contributed by atoms with Crippen molar-refractivity contribution < 1.29 is 14.3 Å². The molecule has 1 amide bonds. The summed E-state index contributed by atoms with van der Waals surface area (Å²) in [6.07, 6.45) is 2.36. The van der Waals surface area contributed by atoms with Crippen LogP contribution in [0.15, 0.2) is 24.3 Å². The minimum Gasteiger partial charge on any atom is -0.463 e. The van der Waals surface area contributed by atoms with Crippen LogP contribution in [-0.2, 0) is 20.7 Å². The molecule has 1 N–H and O–H groups in total. The van der Waals surface area contributed by atoms with Gasteiger partial charge in [-0.05, 0) is 25.3 Å². The fourth-order valence-electron chi connectivity index (χ4n) is 2.18. The van der Waals surface area contributed by atoms with Crippen molar-refractivity contribution in [2.45, 2.75) is 38.6 Å². The third kappa shape index (κ3) is 4.39. The number of ether oxygens (including phenoxy) is 1. The first kappa shape index (κ1) is 13.6. The molecule has 1 atom stereocenters. The van der Waals surface area contributed by atoms with Crippen LogP contribution in [0.2, 0.25) is 0 Å². The summed E-state index contributed by atoms with van der Waals surface area (Å²) in [6, 6.07) is 8.10. The maximum atomic E-state index is 11.6. The average molecular weight is 261 g/mol. The first-order chi connectivity index (χ1) is 9.13. The van der Waals surface area contributed by atoms with Crippen LogP contribution in [0.3, 0.4) is 0 Å². The van der Waals surface area contributed by atoms with Gasteiger partial charge < -0.3 is 10.1 Å². The number of rotatable bonds is 5. The molecule has 0 aromatic heterocycles. The molecule has 1 aromatic carbocycles. The van der Waals surface area contributed by atoms with E-state index in [2.05, 4.69) is 11.4 Å². The summed E-state index contributed by atoms with van der Waals surface area (Å²) in [5, 5.41) is 2.77. The highest BCUT2D eigenvalue weighted by Crippen LogP contribution is 2.09. The first-order valence-electron chi connectivity index (χ1n) is 6.64. The molecule has 1 unspecified atom stereocenters. The van der Waals surface area contributed by atoms with Crippen molar-refractivity contribution in [3.63, 3.8) is 0 Å². The zero-order valence-electron chi connectivity index (χ0n) is 11.1. The highest BCUT2D eigenvalue weighted by atomic mass is 16.5. The van der Waals surface area contributed by atoms with Gasteiger partial charge in [-0.1, -0.05) is 29.8 Å². The number of benzene rings is 1. The lowest BCUT2D eigenvalue weighted by Crippen LogP contribution is -2.30. The molecule has 0 radical (unpaired) electrons. The zero-order valence-corrected chi connectivity index (χ0v) is 11.1. The maximum Gasteiger partial charge on any atom is 0.306 e.